The van der Waals surface area contributed by atoms with E-state index in [1.807, 2.05) is 24.3 Å². The zero-order chi connectivity index (χ0) is 18.3. The number of benzene rings is 2. The summed E-state index contributed by atoms with van der Waals surface area (Å²) in [6.07, 6.45) is 4.61. The fourth-order valence-electron chi connectivity index (χ4n) is 3.85. The van der Waals surface area contributed by atoms with E-state index >= 15 is 0 Å². The van der Waals surface area contributed by atoms with Crippen molar-refractivity contribution in [2.45, 2.75) is 37.5 Å². The average Bonchev–Trinajstić information content (AvgIpc) is 3.20. The molecule has 3 rings (SSSR count). The molecule has 3 nitrogen and oxygen atoms in total. The number of rotatable bonds is 9. The van der Waals surface area contributed by atoms with Gasteiger partial charge in [0.05, 0.1) is 13.2 Å². The maximum Gasteiger partial charge on any atom is 0.195 e. The Morgan fingerprint density at radius 1 is 1.04 bits per heavy atom. The molecule has 1 fully saturated rings. The van der Waals surface area contributed by atoms with Gasteiger partial charge in [0.1, 0.15) is 0 Å². The third-order valence-electron chi connectivity index (χ3n) is 5.36. The highest BCUT2D eigenvalue weighted by molar-refractivity contribution is 5.26. The van der Waals surface area contributed by atoms with Crippen LogP contribution in [-0.2, 0) is 20.8 Å². The molecule has 1 heterocycles. The van der Waals surface area contributed by atoms with Gasteiger partial charge >= 0.3 is 0 Å². The Bertz CT molecular complexity index is 680. The van der Waals surface area contributed by atoms with Crippen molar-refractivity contribution >= 4 is 0 Å². The molecule has 1 aliphatic rings. The van der Waals surface area contributed by atoms with E-state index in [2.05, 4.69) is 61.3 Å². The Hall–Kier alpha value is -1.94. The van der Waals surface area contributed by atoms with Gasteiger partial charge in [-0.3, -0.25) is 0 Å². The molecule has 1 N–H and O–H groups in total. The normalized spacial score (nSPS) is 18.3. The molecule has 0 bridgehead atoms. The predicted octanol–water partition coefficient (Wildman–Crippen LogP) is 4.75. The molecular formula is C23H29NO2. The van der Waals surface area contributed by atoms with Crippen LogP contribution in [0.15, 0.2) is 73.3 Å². The lowest BCUT2D eigenvalue weighted by Gasteiger charge is -2.38. The highest BCUT2D eigenvalue weighted by atomic mass is 16.7. The first-order valence-corrected chi connectivity index (χ1v) is 9.49. The lowest BCUT2D eigenvalue weighted by atomic mass is 9.80. The van der Waals surface area contributed by atoms with Gasteiger partial charge in [0.2, 0.25) is 0 Å². The van der Waals surface area contributed by atoms with Gasteiger partial charge in [-0.1, -0.05) is 73.7 Å². The van der Waals surface area contributed by atoms with E-state index in [0.29, 0.717) is 13.2 Å². The molecule has 1 unspecified atom stereocenters. The first kappa shape index (κ1) is 18.8. The summed E-state index contributed by atoms with van der Waals surface area (Å²) in [5.74, 6) is -0.647. The molecule has 26 heavy (non-hydrogen) atoms. The second-order valence-corrected chi connectivity index (χ2v) is 6.79. The molecule has 1 aliphatic heterocycles. The van der Waals surface area contributed by atoms with Crippen LogP contribution in [0.4, 0.5) is 0 Å². The smallest absolute Gasteiger partial charge is 0.195 e. The summed E-state index contributed by atoms with van der Waals surface area (Å²) < 4.78 is 12.3. The summed E-state index contributed by atoms with van der Waals surface area (Å²) in [5, 5.41) is 3.71. The minimum atomic E-state index is -0.647. The molecule has 0 amide bonds. The average molecular weight is 351 g/mol. The van der Waals surface area contributed by atoms with Crippen LogP contribution in [0.2, 0.25) is 0 Å². The molecular weight excluding hydrogens is 322 g/mol. The Balaban J connectivity index is 1.87. The maximum atomic E-state index is 6.14. The summed E-state index contributed by atoms with van der Waals surface area (Å²) in [5.41, 5.74) is 2.26. The van der Waals surface area contributed by atoms with E-state index in [0.717, 1.165) is 31.4 Å². The largest absolute Gasteiger partial charge is 0.343 e. The standard InChI is InChI=1S/C23H29NO2/c1-3-17-24-22(4-2,20-11-7-5-8-12-20)15-16-23(25-18-19-26-23)21-13-9-6-10-14-21/h3,5-14,24H,1,4,15-19H2,2H3. The van der Waals surface area contributed by atoms with E-state index in [4.69, 9.17) is 9.47 Å². The molecule has 0 radical (unpaired) electrons. The van der Waals surface area contributed by atoms with Crippen LogP contribution >= 0.6 is 0 Å². The van der Waals surface area contributed by atoms with Gasteiger partial charge in [0, 0.05) is 24.1 Å². The fraction of sp³-hybridized carbons (Fsp3) is 0.391. The fourth-order valence-corrected chi connectivity index (χ4v) is 3.85. The third-order valence-corrected chi connectivity index (χ3v) is 5.36. The number of nitrogens with one attached hydrogen (secondary N) is 1. The van der Waals surface area contributed by atoms with Crippen LogP contribution in [-0.4, -0.2) is 19.8 Å². The highest BCUT2D eigenvalue weighted by Gasteiger charge is 2.41. The van der Waals surface area contributed by atoms with Gasteiger partial charge in [-0.15, -0.1) is 6.58 Å². The molecule has 0 saturated carbocycles. The van der Waals surface area contributed by atoms with Crippen LogP contribution in [0.5, 0.6) is 0 Å². The molecule has 1 atom stereocenters. The molecule has 1 saturated heterocycles. The Morgan fingerprint density at radius 2 is 1.65 bits per heavy atom. The lowest BCUT2D eigenvalue weighted by Crippen LogP contribution is -2.44. The van der Waals surface area contributed by atoms with Crippen molar-refractivity contribution in [1.82, 2.24) is 5.32 Å². The van der Waals surface area contributed by atoms with Gasteiger partial charge in [0.25, 0.3) is 0 Å². The van der Waals surface area contributed by atoms with Crippen molar-refractivity contribution in [3.05, 3.63) is 84.4 Å². The monoisotopic (exact) mass is 351 g/mol. The minimum Gasteiger partial charge on any atom is -0.343 e. The zero-order valence-corrected chi connectivity index (χ0v) is 15.6. The molecule has 2 aromatic carbocycles. The molecule has 0 aliphatic carbocycles. The Labute approximate surface area is 157 Å². The van der Waals surface area contributed by atoms with E-state index in [1.54, 1.807) is 0 Å². The minimum absolute atomic E-state index is 0.132. The van der Waals surface area contributed by atoms with Gasteiger partial charge in [0.15, 0.2) is 5.79 Å². The van der Waals surface area contributed by atoms with E-state index in [1.165, 1.54) is 5.56 Å². The summed E-state index contributed by atoms with van der Waals surface area (Å²) in [6, 6.07) is 21.0. The molecule has 3 heteroatoms. The van der Waals surface area contributed by atoms with Crippen LogP contribution in [0.25, 0.3) is 0 Å². The maximum absolute atomic E-state index is 6.14. The third kappa shape index (κ3) is 3.90. The Kier molecular flexibility index (Phi) is 6.25. The quantitative estimate of drug-likeness (QED) is 0.662. The van der Waals surface area contributed by atoms with Crippen LogP contribution in [0.3, 0.4) is 0 Å². The Morgan fingerprint density at radius 3 is 2.23 bits per heavy atom. The molecule has 138 valence electrons. The van der Waals surface area contributed by atoms with E-state index < -0.39 is 5.79 Å². The van der Waals surface area contributed by atoms with E-state index in [-0.39, 0.29) is 5.54 Å². The second-order valence-electron chi connectivity index (χ2n) is 6.79. The van der Waals surface area contributed by atoms with Gasteiger partial charge in [-0.2, -0.15) is 0 Å². The van der Waals surface area contributed by atoms with Crippen molar-refractivity contribution in [3.8, 4) is 0 Å². The predicted molar refractivity (Wildman–Crippen MR) is 106 cm³/mol. The van der Waals surface area contributed by atoms with Gasteiger partial charge < -0.3 is 14.8 Å². The number of hydrogen-bond donors (Lipinski definition) is 1. The zero-order valence-electron chi connectivity index (χ0n) is 15.6. The lowest BCUT2D eigenvalue weighted by molar-refractivity contribution is -0.174. The van der Waals surface area contributed by atoms with Crippen LogP contribution in [0.1, 0.15) is 37.3 Å². The topological polar surface area (TPSA) is 30.5 Å². The summed E-state index contributed by atoms with van der Waals surface area (Å²) >= 11 is 0. The van der Waals surface area contributed by atoms with Gasteiger partial charge in [-0.25, -0.2) is 0 Å². The highest BCUT2D eigenvalue weighted by Crippen LogP contribution is 2.40. The van der Waals surface area contributed by atoms with Crippen LogP contribution in [0, 0.1) is 0 Å². The molecule has 2 aromatic rings. The van der Waals surface area contributed by atoms with Crippen molar-refractivity contribution in [2.24, 2.45) is 0 Å². The van der Waals surface area contributed by atoms with Crippen molar-refractivity contribution in [2.75, 3.05) is 19.8 Å². The molecule has 0 spiro atoms. The van der Waals surface area contributed by atoms with Crippen LogP contribution < -0.4 is 5.32 Å². The van der Waals surface area contributed by atoms with Crippen molar-refractivity contribution in [1.29, 1.82) is 0 Å². The summed E-state index contributed by atoms with van der Waals surface area (Å²) in [4.78, 5) is 0. The first-order chi connectivity index (χ1) is 12.7. The van der Waals surface area contributed by atoms with E-state index in [9.17, 15) is 0 Å². The van der Waals surface area contributed by atoms with Crippen molar-refractivity contribution in [3.63, 3.8) is 0 Å². The SMILES string of the molecule is C=CCNC(CC)(CCC1(c2ccccc2)OCCO1)c1ccccc1. The number of hydrogen-bond acceptors (Lipinski definition) is 3. The second kappa shape index (κ2) is 8.63. The molecule has 0 aromatic heterocycles. The summed E-state index contributed by atoms with van der Waals surface area (Å²) in [7, 11) is 0. The van der Waals surface area contributed by atoms with Crippen molar-refractivity contribution < 1.29 is 9.47 Å². The van der Waals surface area contributed by atoms with Gasteiger partial charge in [-0.05, 0) is 18.4 Å². The number of ether oxygens (including phenoxy) is 2. The summed E-state index contributed by atoms with van der Waals surface area (Å²) in [6.45, 7) is 8.15. The first-order valence-electron chi connectivity index (χ1n) is 9.49.